The van der Waals surface area contributed by atoms with Crippen molar-refractivity contribution in [1.29, 1.82) is 0 Å². The van der Waals surface area contributed by atoms with Crippen LogP contribution in [-0.2, 0) is 10.0 Å². The molecule has 1 aromatic heterocycles. The summed E-state index contributed by atoms with van der Waals surface area (Å²) < 4.78 is 27.0. The van der Waals surface area contributed by atoms with Crippen molar-refractivity contribution in [3.05, 3.63) is 36.7 Å². The molecule has 1 N–H and O–H groups in total. The molecule has 4 nitrogen and oxygen atoms in total. The summed E-state index contributed by atoms with van der Waals surface area (Å²) in [5, 5.41) is 1.45. The lowest BCUT2D eigenvalue weighted by molar-refractivity contribution is 0.571. The molecule has 0 aliphatic rings. The quantitative estimate of drug-likeness (QED) is 0.875. The van der Waals surface area contributed by atoms with E-state index in [0.717, 1.165) is 5.39 Å². The number of alkyl halides is 1. The predicted octanol–water partition coefficient (Wildman–Crippen LogP) is 2.14. The largest absolute Gasteiger partial charge is 0.264 e. The van der Waals surface area contributed by atoms with E-state index in [0.29, 0.717) is 5.39 Å². The minimum Gasteiger partial charge on any atom is -0.264 e. The fourth-order valence-corrected chi connectivity index (χ4v) is 3.33. The molecule has 1 atom stereocenters. The van der Waals surface area contributed by atoms with Gasteiger partial charge in [0.25, 0.3) is 0 Å². The lowest BCUT2D eigenvalue weighted by Crippen LogP contribution is -2.33. The first-order chi connectivity index (χ1) is 8.54. The van der Waals surface area contributed by atoms with Crippen LogP contribution in [0.3, 0.4) is 0 Å². The van der Waals surface area contributed by atoms with E-state index in [9.17, 15) is 8.42 Å². The number of benzene rings is 1. The van der Waals surface area contributed by atoms with E-state index in [2.05, 4.69) is 9.71 Å². The molecule has 0 aliphatic carbocycles. The molecule has 1 unspecified atom stereocenters. The minimum absolute atomic E-state index is 0.228. The van der Waals surface area contributed by atoms with Gasteiger partial charge in [0.1, 0.15) is 0 Å². The Labute approximate surface area is 111 Å². The third-order valence-corrected chi connectivity index (χ3v) is 4.63. The van der Waals surface area contributed by atoms with Crippen LogP contribution in [0.2, 0.25) is 0 Å². The van der Waals surface area contributed by atoms with Crippen LogP contribution in [0, 0.1) is 0 Å². The van der Waals surface area contributed by atoms with Crippen molar-refractivity contribution in [3.8, 4) is 0 Å². The number of sulfonamides is 1. The van der Waals surface area contributed by atoms with Crippen molar-refractivity contribution in [2.45, 2.75) is 17.9 Å². The molecule has 0 bridgehead atoms. The summed E-state index contributed by atoms with van der Waals surface area (Å²) in [6.07, 6.45) is 3.21. The molecule has 2 aromatic rings. The van der Waals surface area contributed by atoms with E-state index in [4.69, 9.17) is 11.6 Å². The zero-order valence-corrected chi connectivity index (χ0v) is 11.4. The molecule has 0 saturated heterocycles. The van der Waals surface area contributed by atoms with E-state index in [1.807, 2.05) is 6.07 Å². The smallest absolute Gasteiger partial charge is 0.241 e. The Morgan fingerprint density at radius 3 is 2.89 bits per heavy atom. The minimum atomic E-state index is -3.56. The molecule has 2 rings (SSSR count). The maximum atomic E-state index is 12.2. The molecule has 0 aliphatic heterocycles. The lowest BCUT2D eigenvalue weighted by Gasteiger charge is -2.12. The highest BCUT2D eigenvalue weighted by Gasteiger charge is 2.19. The molecule has 6 heteroatoms. The Morgan fingerprint density at radius 2 is 2.17 bits per heavy atom. The van der Waals surface area contributed by atoms with Crippen molar-refractivity contribution in [2.24, 2.45) is 0 Å². The Hall–Kier alpha value is -1.17. The van der Waals surface area contributed by atoms with Crippen molar-refractivity contribution < 1.29 is 8.42 Å². The van der Waals surface area contributed by atoms with Crippen molar-refractivity contribution >= 4 is 32.4 Å². The Kier molecular flexibility index (Phi) is 3.85. The average Bonchev–Trinajstić information content (AvgIpc) is 2.37. The van der Waals surface area contributed by atoms with Crippen LogP contribution in [0.25, 0.3) is 10.8 Å². The first-order valence-electron chi connectivity index (χ1n) is 5.45. The van der Waals surface area contributed by atoms with Gasteiger partial charge in [-0.3, -0.25) is 4.98 Å². The molecule has 0 spiro atoms. The molecule has 96 valence electrons. The number of halogens is 1. The fraction of sp³-hybridized carbons (Fsp3) is 0.250. The standard InChI is InChI=1S/C12H13ClN2O2S/c1-9(7-13)15-18(16,17)12-4-2-3-10-8-14-6-5-11(10)12/h2-6,8-9,15H,7H2,1H3. The van der Waals surface area contributed by atoms with Gasteiger partial charge >= 0.3 is 0 Å². The summed E-state index contributed by atoms with van der Waals surface area (Å²) in [5.41, 5.74) is 0. The first kappa shape index (κ1) is 13.3. The monoisotopic (exact) mass is 284 g/mol. The highest BCUT2D eigenvalue weighted by atomic mass is 35.5. The van der Waals surface area contributed by atoms with Crippen LogP contribution in [0.5, 0.6) is 0 Å². The number of hydrogen-bond acceptors (Lipinski definition) is 3. The number of aromatic nitrogens is 1. The van der Waals surface area contributed by atoms with Crippen LogP contribution in [0.1, 0.15) is 6.92 Å². The van der Waals surface area contributed by atoms with Crippen molar-refractivity contribution in [3.63, 3.8) is 0 Å². The maximum absolute atomic E-state index is 12.2. The molecule has 0 saturated carbocycles. The van der Waals surface area contributed by atoms with Crippen molar-refractivity contribution in [2.75, 3.05) is 5.88 Å². The molecule has 0 fully saturated rings. The van der Waals surface area contributed by atoms with Gasteiger partial charge in [0.05, 0.1) is 4.90 Å². The van der Waals surface area contributed by atoms with Crippen LogP contribution in [0.4, 0.5) is 0 Å². The second-order valence-corrected chi connectivity index (χ2v) is 6.02. The van der Waals surface area contributed by atoms with E-state index < -0.39 is 10.0 Å². The van der Waals surface area contributed by atoms with E-state index in [1.54, 1.807) is 37.5 Å². The van der Waals surface area contributed by atoms with Gasteiger partial charge in [0.2, 0.25) is 10.0 Å². The van der Waals surface area contributed by atoms with Gasteiger partial charge in [-0.1, -0.05) is 12.1 Å². The molecule has 1 aromatic carbocycles. The van der Waals surface area contributed by atoms with Crippen LogP contribution in [0.15, 0.2) is 41.6 Å². The third-order valence-electron chi connectivity index (χ3n) is 2.52. The van der Waals surface area contributed by atoms with E-state index in [1.165, 1.54) is 0 Å². The summed E-state index contributed by atoms with van der Waals surface area (Å²) in [6, 6.07) is 6.48. The highest BCUT2D eigenvalue weighted by Crippen LogP contribution is 2.21. The Morgan fingerprint density at radius 1 is 1.39 bits per heavy atom. The van der Waals surface area contributed by atoms with Gasteiger partial charge in [-0.15, -0.1) is 11.6 Å². The average molecular weight is 285 g/mol. The molecular formula is C12H13ClN2O2S. The number of pyridine rings is 1. The molecule has 0 amide bonds. The normalized spacial score (nSPS) is 13.7. The predicted molar refractivity (Wildman–Crippen MR) is 72.2 cm³/mol. The zero-order chi connectivity index (χ0) is 13.2. The topological polar surface area (TPSA) is 59.1 Å². The summed E-state index contributed by atoms with van der Waals surface area (Å²) in [6.45, 7) is 1.72. The van der Waals surface area contributed by atoms with Gasteiger partial charge in [-0.25, -0.2) is 13.1 Å². The second-order valence-electron chi connectivity index (χ2n) is 4.03. The highest BCUT2D eigenvalue weighted by molar-refractivity contribution is 7.89. The van der Waals surface area contributed by atoms with Gasteiger partial charge in [0, 0.05) is 35.1 Å². The Bertz CT molecular complexity index is 653. The first-order valence-corrected chi connectivity index (χ1v) is 7.47. The van der Waals surface area contributed by atoms with Gasteiger partial charge in [-0.2, -0.15) is 0 Å². The number of hydrogen-bond donors (Lipinski definition) is 1. The lowest BCUT2D eigenvalue weighted by atomic mass is 10.2. The molecule has 18 heavy (non-hydrogen) atoms. The van der Waals surface area contributed by atoms with Gasteiger partial charge in [-0.05, 0) is 19.1 Å². The number of nitrogens with zero attached hydrogens (tertiary/aromatic N) is 1. The number of nitrogens with one attached hydrogen (secondary N) is 1. The van der Waals surface area contributed by atoms with Crippen LogP contribution < -0.4 is 4.72 Å². The maximum Gasteiger partial charge on any atom is 0.241 e. The molecule has 0 radical (unpaired) electrons. The molecule has 1 heterocycles. The SMILES string of the molecule is CC(CCl)NS(=O)(=O)c1cccc2cnccc12. The molecular weight excluding hydrogens is 272 g/mol. The summed E-state index contributed by atoms with van der Waals surface area (Å²) in [4.78, 5) is 4.23. The van der Waals surface area contributed by atoms with Crippen molar-refractivity contribution in [1.82, 2.24) is 9.71 Å². The zero-order valence-electron chi connectivity index (χ0n) is 9.80. The second kappa shape index (κ2) is 5.22. The van der Waals surface area contributed by atoms with Crippen LogP contribution >= 0.6 is 11.6 Å². The summed E-state index contributed by atoms with van der Waals surface area (Å²) in [7, 11) is -3.56. The number of rotatable bonds is 4. The number of fused-ring (bicyclic) bond motifs is 1. The van der Waals surface area contributed by atoms with Gasteiger partial charge < -0.3 is 0 Å². The van der Waals surface area contributed by atoms with Crippen LogP contribution in [-0.4, -0.2) is 25.3 Å². The summed E-state index contributed by atoms with van der Waals surface area (Å²) in [5.74, 6) is 0.228. The third kappa shape index (κ3) is 2.63. The Balaban J connectivity index is 2.54. The summed E-state index contributed by atoms with van der Waals surface area (Å²) >= 11 is 5.63. The van der Waals surface area contributed by atoms with E-state index in [-0.39, 0.29) is 16.8 Å². The fourth-order valence-electron chi connectivity index (χ4n) is 1.69. The van der Waals surface area contributed by atoms with E-state index >= 15 is 0 Å². The van der Waals surface area contributed by atoms with Gasteiger partial charge in [0.15, 0.2) is 0 Å².